The van der Waals surface area contributed by atoms with E-state index in [0.717, 1.165) is 49.8 Å². The van der Waals surface area contributed by atoms with Crippen LogP contribution in [0, 0.1) is 12.8 Å². The number of nitrogens with zero attached hydrogens (tertiary/aromatic N) is 1. The van der Waals surface area contributed by atoms with E-state index in [0.29, 0.717) is 42.7 Å². The van der Waals surface area contributed by atoms with Gasteiger partial charge in [-0.25, -0.2) is 9.59 Å². The normalized spacial score (nSPS) is 21.0. The van der Waals surface area contributed by atoms with Gasteiger partial charge in [0.2, 0.25) is 5.91 Å². The van der Waals surface area contributed by atoms with Gasteiger partial charge in [0.1, 0.15) is 11.8 Å². The molecule has 1 saturated heterocycles. The number of urea groups is 1. The van der Waals surface area contributed by atoms with Gasteiger partial charge in [-0.3, -0.25) is 4.79 Å². The zero-order chi connectivity index (χ0) is 27.1. The highest BCUT2D eigenvalue weighted by molar-refractivity contribution is 6.00. The van der Waals surface area contributed by atoms with E-state index in [-0.39, 0.29) is 17.9 Å². The molecule has 1 heterocycles. The minimum atomic E-state index is -0.405. The molecule has 8 nitrogen and oxygen atoms in total. The maximum absolute atomic E-state index is 12.7. The van der Waals surface area contributed by atoms with Crippen molar-refractivity contribution in [3.8, 4) is 5.75 Å². The lowest BCUT2D eigenvalue weighted by molar-refractivity contribution is -0.151. The molecule has 1 saturated carbocycles. The van der Waals surface area contributed by atoms with Crippen LogP contribution in [0.2, 0.25) is 0 Å². The maximum Gasteiger partial charge on any atom is 0.328 e. The molecule has 1 atom stereocenters. The van der Waals surface area contributed by atoms with Crippen molar-refractivity contribution in [3.63, 3.8) is 0 Å². The van der Waals surface area contributed by atoms with Crippen molar-refractivity contribution >= 4 is 29.3 Å². The first-order valence-electron chi connectivity index (χ1n) is 13.6. The van der Waals surface area contributed by atoms with Crippen LogP contribution in [0.5, 0.6) is 5.75 Å². The smallest absolute Gasteiger partial charge is 0.328 e. The average Bonchev–Trinajstić information content (AvgIpc) is 3.42. The monoisotopic (exact) mass is 521 g/mol. The SMILES string of the molecule is COC(=O)[C@@H]1CCCN1C(=O)CCC1CCC(c2ccc(NC(=O)Nc3cc(C)ccc3OC)cc2)CC1. The second kappa shape index (κ2) is 12.8. The molecule has 2 aromatic carbocycles. The summed E-state index contributed by atoms with van der Waals surface area (Å²) in [5, 5.41) is 5.75. The summed E-state index contributed by atoms with van der Waals surface area (Å²) in [5.74, 6) is 1.42. The molecule has 1 aliphatic heterocycles. The van der Waals surface area contributed by atoms with Gasteiger partial charge in [0.05, 0.1) is 19.9 Å². The van der Waals surface area contributed by atoms with Crippen LogP contribution in [-0.2, 0) is 14.3 Å². The summed E-state index contributed by atoms with van der Waals surface area (Å²) < 4.78 is 10.2. The number of methoxy groups -OCH3 is 2. The molecule has 38 heavy (non-hydrogen) atoms. The molecule has 3 amide bonds. The second-order valence-electron chi connectivity index (χ2n) is 10.4. The Morgan fingerprint density at radius 1 is 0.947 bits per heavy atom. The van der Waals surface area contributed by atoms with E-state index in [4.69, 9.17) is 9.47 Å². The van der Waals surface area contributed by atoms with Crippen LogP contribution in [0.3, 0.4) is 0 Å². The molecule has 2 N–H and O–H groups in total. The highest BCUT2D eigenvalue weighted by Crippen LogP contribution is 2.38. The molecule has 0 bridgehead atoms. The Morgan fingerprint density at radius 2 is 1.68 bits per heavy atom. The largest absolute Gasteiger partial charge is 0.495 e. The van der Waals surface area contributed by atoms with Gasteiger partial charge in [-0.2, -0.15) is 0 Å². The number of aryl methyl sites for hydroxylation is 1. The summed E-state index contributed by atoms with van der Waals surface area (Å²) in [4.78, 5) is 38.9. The molecule has 2 aromatic rings. The molecule has 0 aromatic heterocycles. The van der Waals surface area contributed by atoms with Crippen molar-refractivity contribution in [2.45, 2.75) is 70.3 Å². The van der Waals surface area contributed by atoms with Crippen LogP contribution < -0.4 is 15.4 Å². The van der Waals surface area contributed by atoms with E-state index >= 15 is 0 Å². The van der Waals surface area contributed by atoms with Gasteiger partial charge in [0.25, 0.3) is 0 Å². The summed E-state index contributed by atoms with van der Waals surface area (Å²) in [7, 11) is 2.96. The number of carbonyl (C=O) groups is 3. The zero-order valence-electron chi connectivity index (χ0n) is 22.6. The molecule has 2 fully saturated rings. The number of esters is 1. The number of likely N-dealkylation sites (tertiary alicyclic amines) is 1. The fourth-order valence-electron chi connectivity index (χ4n) is 5.74. The summed E-state index contributed by atoms with van der Waals surface area (Å²) in [6.07, 6.45) is 7.31. The molecule has 4 rings (SSSR count). The molecule has 8 heteroatoms. The Bertz CT molecular complexity index is 1130. The predicted molar refractivity (Wildman–Crippen MR) is 147 cm³/mol. The predicted octanol–water partition coefficient (Wildman–Crippen LogP) is 5.87. The molecule has 2 aliphatic rings. The number of hydrogen-bond acceptors (Lipinski definition) is 5. The lowest BCUT2D eigenvalue weighted by Gasteiger charge is -2.29. The van der Waals surface area contributed by atoms with E-state index in [9.17, 15) is 14.4 Å². The first-order chi connectivity index (χ1) is 18.4. The summed E-state index contributed by atoms with van der Waals surface area (Å²) in [6.45, 7) is 2.61. The van der Waals surface area contributed by atoms with Crippen molar-refractivity contribution < 1.29 is 23.9 Å². The van der Waals surface area contributed by atoms with Crippen LogP contribution in [0.1, 0.15) is 68.4 Å². The van der Waals surface area contributed by atoms with Crippen LogP contribution in [0.25, 0.3) is 0 Å². The number of hydrogen-bond donors (Lipinski definition) is 2. The number of ether oxygens (including phenoxy) is 2. The number of anilines is 2. The second-order valence-corrected chi connectivity index (χ2v) is 10.4. The molecular weight excluding hydrogens is 482 g/mol. The Balaban J connectivity index is 1.22. The van der Waals surface area contributed by atoms with Crippen molar-refractivity contribution in [2.24, 2.45) is 5.92 Å². The van der Waals surface area contributed by atoms with Gasteiger partial charge < -0.3 is 25.0 Å². The number of rotatable bonds is 8. The summed E-state index contributed by atoms with van der Waals surface area (Å²) in [6, 6.07) is 13.0. The van der Waals surface area contributed by atoms with Crippen LogP contribution in [0.4, 0.5) is 16.2 Å². The minimum Gasteiger partial charge on any atom is -0.495 e. The lowest BCUT2D eigenvalue weighted by Crippen LogP contribution is -2.41. The zero-order valence-corrected chi connectivity index (χ0v) is 22.6. The van der Waals surface area contributed by atoms with E-state index in [1.807, 2.05) is 37.3 Å². The minimum absolute atomic E-state index is 0.0768. The third-order valence-corrected chi connectivity index (χ3v) is 7.90. The molecule has 0 radical (unpaired) electrons. The standard InChI is InChI=1S/C30H39N3O5/c1-20-6-16-27(37-2)25(19-20)32-30(36)31-24-14-12-23(13-15-24)22-10-7-21(8-11-22)9-17-28(34)33-18-4-5-26(33)29(35)38-3/h6,12-16,19,21-22,26H,4-5,7-11,17-18H2,1-3H3,(H2,31,32,36)/t21?,22?,26-/m0/s1. The Hall–Kier alpha value is -3.55. The number of carbonyl (C=O) groups excluding carboxylic acids is 3. The lowest BCUT2D eigenvalue weighted by atomic mass is 9.77. The maximum atomic E-state index is 12.7. The van der Waals surface area contributed by atoms with Gasteiger partial charge >= 0.3 is 12.0 Å². The van der Waals surface area contributed by atoms with E-state index in [1.54, 1.807) is 12.0 Å². The van der Waals surface area contributed by atoms with Crippen molar-refractivity contribution in [3.05, 3.63) is 53.6 Å². The number of amides is 3. The van der Waals surface area contributed by atoms with Crippen LogP contribution in [-0.4, -0.2) is 49.6 Å². The first kappa shape index (κ1) is 27.5. The van der Waals surface area contributed by atoms with Gasteiger partial charge in [0, 0.05) is 18.7 Å². The Morgan fingerprint density at radius 3 is 2.37 bits per heavy atom. The van der Waals surface area contributed by atoms with Gasteiger partial charge in [0.15, 0.2) is 0 Å². The van der Waals surface area contributed by atoms with Crippen LogP contribution in [0.15, 0.2) is 42.5 Å². The number of benzene rings is 2. The van der Waals surface area contributed by atoms with Gasteiger partial charge in [-0.05, 0) is 99.1 Å². The fourth-order valence-corrected chi connectivity index (χ4v) is 5.74. The molecule has 0 unspecified atom stereocenters. The Kier molecular flexibility index (Phi) is 9.26. The van der Waals surface area contributed by atoms with Gasteiger partial charge in [-0.15, -0.1) is 0 Å². The van der Waals surface area contributed by atoms with Crippen molar-refractivity contribution in [2.75, 3.05) is 31.4 Å². The van der Waals surface area contributed by atoms with Crippen molar-refractivity contribution in [1.29, 1.82) is 0 Å². The highest BCUT2D eigenvalue weighted by atomic mass is 16.5. The third kappa shape index (κ3) is 6.85. The third-order valence-electron chi connectivity index (χ3n) is 7.90. The van der Waals surface area contributed by atoms with Crippen LogP contribution >= 0.6 is 0 Å². The first-order valence-corrected chi connectivity index (χ1v) is 13.6. The highest BCUT2D eigenvalue weighted by Gasteiger charge is 2.35. The quantitative estimate of drug-likeness (QED) is 0.424. The van der Waals surface area contributed by atoms with E-state index in [2.05, 4.69) is 22.8 Å². The molecule has 0 spiro atoms. The van der Waals surface area contributed by atoms with E-state index < -0.39 is 6.04 Å². The molecule has 204 valence electrons. The van der Waals surface area contributed by atoms with Gasteiger partial charge in [-0.1, -0.05) is 18.2 Å². The molecular formula is C30H39N3O5. The van der Waals surface area contributed by atoms with Crippen molar-refractivity contribution in [1.82, 2.24) is 4.90 Å². The molecule has 1 aliphatic carbocycles. The summed E-state index contributed by atoms with van der Waals surface area (Å²) in [5.41, 5.74) is 3.68. The Labute approximate surface area is 225 Å². The van der Waals surface area contributed by atoms with E-state index in [1.165, 1.54) is 12.7 Å². The topological polar surface area (TPSA) is 97.0 Å². The average molecular weight is 522 g/mol. The summed E-state index contributed by atoms with van der Waals surface area (Å²) >= 11 is 0. The number of nitrogens with one attached hydrogen (secondary N) is 2. The fraction of sp³-hybridized carbons (Fsp3) is 0.500.